The summed E-state index contributed by atoms with van der Waals surface area (Å²) in [6, 6.07) is 16.1. The van der Waals surface area contributed by atoms with Crippen LogP contribution in [0.5, 0.6) is 0 Å². The van der Waals surface area contributed by atoms with Crippen LogP contribution >= 0.6 is 0 Å². The van der Waals surface area contributed by atoms with Gasteiger partial charge in [0.25, 0.3) is 5.91 Å². The minimum Gasteiger partial charge on any atom is -0.453 e. The Labute approximate surface area is 134 Å². The zero-order valence-electron chi connectivity index (χ0n) is 13.0. The van der Waals surface area contributed by atoms with Crippen molar-refractivity contribution in [1.29, 1.82) is 0 Å². The van der Waals surface area contributed by atoms with Crippen LogP contribution in [0.15, 0.2) is 52.9 Å². The van der Waals surface area contributed by atoms with Crippen LogP contribution in [-0.2, 0) is 13.0 Å². The highest BCUT2D eigenvalue weighted by Crippen LogP contribution is 2.19. The van der Waals surface area contributed by atoms with Crippen molar-refractivity contribution in [1.82, 2.24) is 5.32 Å². The largest absolute Gasteiger partial charge is 0.453 e. The number of amides is 1. The highest BCUT2D eigenvalue weighted by Gasteiger charge is 2.15. The van der Waals surface area contributed by atoms with E-state index in [0.717, 1.165) is 12.0 Å². The van der Waals surface area contributed by atoms with Gasteiger partial charge in [-0.1, -0.05) is 42.5 Å². The normalized spacial score (nSPS) is 10.9. The first-order valence-electron chi connectivity index (χ1n) is 7.64. The van der Waals surface area contributed by atoms with Crippen molar-refractivity contribution in [2.24, 2.45) is 0 Å². The summed E-state index contributed by atoms with van der Waals surface area (Å²) in [6.45, 7) is 2.12. The minimum absolute atomic E-state index is 0.204. The first-order valence-corrected chi connectivity index (χ1v) is 7.64. The van der Waals surface area contributed by atoms with Gasteiger partial charge in [-0.3, -0.25) is 4.79 Å². The van der Waals surface area contributed by atoms with Gasteiger partial charge in [-0.2, -0.15) is 0 Å². The summed E-state index contributed by atoms with van der Waals surface area (Å²) in [5.74, 6) is 0.427. The number of aliphatic hydroxyl groups is 1. The quantitative estimate of drug-likeness (QED) is 0.761. The van der Waals surface area contributed by atoms with Gasteiger partial charge in [-0.25, -0.2) is 0 Å². The summed E-state index contributed by atoms with van der Waals surface area (Å²) < 4.78 is 5.34. The van der Waals surface area contributed by atoms with Crippen molar-refractivity contribution in [3.8, 4) is 0 Å². The van der Waals surface area contributed by atoms with Gasteiger partial charge < -0.3 is 14.8 Å². The molecule has 0 radical (unpaired) electrons. The summed E-state index contributed by atoms with van der Waals surface area (Å²) in [7, 11) is 0. The molecule has 0 saturated heterocycles. The van der Waals surface area contributed by atoms with Gasteiger partial charge in [-0.05, 0) is 35.7 Å². The Kier molecular flexibility index (Phi) is 4.44. The fraction of sp³-hybridized carbons (Fsp3) is 0.211. The first kappa shape index (κ1) is 15.3. The van der Waals surface area contributed by atoms with E-state index in [-0.39, 0.29) is 18.3 Å². The number of aryl methyl sites for hydroxylation is 1. The van der Waals surface area contributed by atoms with Crippen LogP contribution in [0.4, 0.5) is 0 Å². The number of hydrogen-bond acceptors (Lipinski definition) is 3. The second-order valence-electron chi connectivity index (χ2n) is 5.53. The molecule has 0 aliphatic carbocycles. The predicted octanol–water partition coefficient (Wildman–Crippen LogP) is 3.21. The van der Waals surface area contributed by atoms with E-state index < -0.39 is 0 Å². The lowest BCUT2D eigenvalue weighted by Crippen LogP contribution is -2.25. The van der Waals surface area contributed by atoms with Crippen molar-refractivity contribution in [2.75, 3.05) is 6.54 Å². The maximum absolute atomic E-state index is 12.2. The third-order valence-electron chi connectivity index (χ3n) is 3.89. The van der Waals surface area contributed by atoms with Crippen molar-refractivity contribution < 1.29 is 14.3 Å². The van der Waals surface area contributed by atoms with Crippen LogP contribution in [0.3, 0.4) is 0 Å². The number of fused-ring (bicyclic) bond motifs is 1. The molecule has 4 heteroatoms. The highest BCUT2D eigenvalue weighted by molar-refractivity contribution is 5.93. The molecule has 0 atom stereocenters. The molecule has 0 fully saturated rings. The topological polar surface area (TPSA) is 62.5 Å². The number of hydrogen-bond donors (Lipinski definition) is 2. The molecule has 23 heavy (non-hydrogen) atoms. The molecule has 1 aromatic heterocycles. The van der Waals surface area contributed by atoms with E-state index in [1.165, 1.54) is 16.3 Å². The van der Waals surface area contributed by atoms with E-state index >= 15 is 0 Å². The molecular weight excluding hydrogens is 290 g/mol. The third-order valence-corrected chi connectivity index (χ3v) is 3.89. The molecule has 0 aliphatic heterocycles. The van der Waals surface area contributed by atoms with Crippen LogP contribution in [0, 0.1) is 6.92 Å². The van der Waals surface area contributed by atoms with Gasteiger partial charge in [0, 0.05) is 12.1 Å². The Bertz CT molecular complexity index is 830. The maximum Gasteiger partial charge on any atom is 0.287 e. The molecule has 3 rings (SSSR count). The average molecular weight is 309 g/mol. The average Bonchev–Trinajstić information content (AvgIpc) is 2.96. The second-order valence-corrected chi connectivity index (χ2v) is 5.53. The second kappa shape index (κ2) is 6.67. The predicted molar refractivity (Wildman–Crippen MR) is 89.4 cm³/mol. The molecule has 1 amide bonds. The molecule has 0 bridgehead atoms. The zero-order chi connectivity index (χ0) is 16.2. The van der Waals surface area contributed by atoms with Gasteiger partial charge in [0.2, 0.25) is 0 Å². The summed E-state index contributed by atoms with van der Waals surface area (Å²) in [5.41, 5.74) is 1.94. The number of aliphatic hydroxyl groups excluding tert-OH is 1. The van der Waals surface area contributed by atoms with Crippen molar-refractivity contribution in [3.63, 3.8) is 0 Å². The Morgan fingerprint density at radius 2 is 1.96 bits per heavy atom. The molecule has 2 N–H and O–H groups in total. The van der Waals surface area contributed by atoms with Crippen LogP contribution in [0.2, 0.25) is 0 Å². The molecule has 0 unspecified atom stereocenters. The summed E-state index contributed by atoms with van der Waals surface area (Å²) in [5, 5.41) is 14.3. The molecular formula is C19H19NO3. The van der Waals surface area contributed by atoms with Crippen LogP contribution in [-0.4, -0.2) is 17.6 Å². The SMILES string of the molecule is Cc1cc(CO)oc1C(=O)NCCc1cccc2ccccc12. The van der Waals surface area contributed by atoms with Gasteiger partial charge in [-0.15, -0.1) is 0 Å². The van der Waals surface area contributed by atoms with E-state index in [1.807, 2.05) is 18.2 Å². The molecule has 118 valence electrons. The van der Waals surface area contributed by atoms with Gasteiger partial charge in [0.1, 0.15) is 12.4 Å². The summed E-state index contributed by atoms with van der Waals surface area (Å²) in [6.07, 6.45) is 0.750. The van der Waals surface area contributed by atoms with Gasteiger partial charge >= 0.3 is 0 Å². The van der Waals surface area contributed by atoms with E-state index in [4.69, 9.17) is 9.52 Å². The standard InChI is InChI=1S/C19H19NO3/c1-13-11-16(12-21)23-18(13)19(22)20-10-9-15-7-4-6-14-5-2-3-8-17(14)15/h2-8,11,21H,9-10,12H2,1H3,(H,20,22). The Morgan fingerprint density at radius 1 is 1.17 bits per heavy atom. The molecule has 3 aromatic rings. The molecule has 0 spiro atoms. The Hall–Kier alpha value is -2.59. The Morgan fingerprint density at radius 3 is 2.74 bits per heavy atom. The summed E-state index contributed by atoms with van der Waals surface area (Å²) >= 11 is 0. The maximum atomic E-state index is 12.2. The third kappa shape index (κ3) is 3.27. The van der Waals surface area contributed by atoms with Crippen molar-refractivity contribution in [3.05, 3.63) is 71.2 Å². The summed E-state index contributed by atoms with van der Waals surface area (Å²) in [4.78, 5) is 12.2. The number of benzene rings is 2. The van der Waals surface area contributed by atoms with E-state index in [9.17, 15) is 4.79 Å². The number of carbonyl (C=O) groups excluding carboxylic acids is 1. The van der Waals surface area contributed by atoms with E-state index in [2.05, 4.69) is 29.6 Å². The number of rotatable bonds is 5. The molecule has 1 heterocycles. The lowest BCUT2D eigenvalue weighted by molar-refractivity contribution is 0.0921. The molecule has 4 nitrogen and oxygen atoms in total. The van der Waals surface area contributed by atoms with E-state index in [1.54, 1.807) is 13.0 Å². The van der Waals surface area contributed by atoms with Crippen LogP contribution in [0.25, 0.3) is 10.8 Å². The zero-order valence-corrected chi connectivity index (χ0v) is 13.0. The number of furan rings is 1. The monoisotopic (exact) mass is 309 g/mol. The highest BCUT2D eigenvalue weighted by atomic mass is 16.4. The minimum atomic E-state index is -0.248. The fourth-order valence-electron chi connectivity index (χ4n) is 2.75. The lowest BCUT2D eigenvalue weighted by atomic mass is 10.0. The van der Waals surface area contributed by atoms with Crippen LogP contribution < -0.4 is 5.32 Å². The smallest absolute Gasteiger partial charge is 0.287 e. The number of carbonyl (C=O) groups is 1. The van der Waals surface area contributed by atoms with Gasteiger partial charge in [0.15, 0.2) is 5.76 Å². The first-order chi connectivity index (χ1) is 11.2. The van der Waals surface area contributed by atoms with E-state index in [0.29, 0.717) is 12.3 Å². The lowest BCUT2D eigenvalue weighted by Gasteiger charge is -2.07. The molecule has 2 aromatic carbocycles. The van der Waals surface area contributed by atoms with Gasteiger partial charge in [0.05, 0.1) is 0 Å². The Balaban J connectivity index is 1.66. The molecule has 0 aliphatic rings. The van der Waals surface area contributed by atoms with Crippen molar-refractivity contribution >= 4 is 16.7 Å². The molecule has 0 saturated carbocycles. The van der Waals surface area contributed by atoms with Crippen LogP contribution in [0.1, 0.15) is 27.4 Å². The number of nitrogens with one attached hydrogen (secondary N) is 1. The van der Waals surface area contributed by atoms with Crippen molar-refractivity contribution in [2.45, 2.75) is 20.0 Å². The fourth-order valence-corrected chi connectivity index (χ4v) is 2.75.